The van der Waals surface area contributed by atoms with Crippen molar-refractivity contribution in [3.05, 3.63) is 62.5 Å². The van der Waals surface area contributed by atoms with E-state index in [0.717, 1.165) is 32.3 Å². The summed E-state index contributed by atoms with van der Waals surface area (Å²) in [5, 5.41) is 10.2. The van der Waals surface area contributed by atoms with Crippen LogP contribution in [0.4, 0.5) is 0 Å². The van der Waals surface area contributed by atoms with Crippen molar-refractivity contribution in [3.8, 4) is 5.00 Å². The Bertz CT molecular complexity index is 1200. The van der Waals surface area contributed by atoms with Gasteiger partial charge in [0.1, 0.15) is 23.2 Å². The average molecular weight is 457 g/mol. The van der Waals surface area contributed by atoms with Crippen LogP contribution in [0.2, 0.25) is 5.02 Å². The number of ether oxygens (including phenoxy) is 1. The molecule has 3 heterocycles. The number of nitrogens with zero attached hydrogens (tertiary/aromatic N) is 4. The molecule has 1 aliphatic heterocycles. The van der Waals surface area contributed by atoms with E-state index in [-0.39, 0.29) is 6.42 Å². The van der Waals surface area contributed by atoms with Gasteiger partial charge < -0.3 is 9.53 Å². The second-order valence-corrected chi connectivity index (χ2v) is 9.01. The predicted octanol–water partition coefficient (Wildman–Crippen LogP) is 4.18. The number of aliphatic imine (C=N–C) groups is 1. The maximum absolute atomic E-state index is 12.6. The Morgan fingerprint density at radius 3 is 2.61 bits per heavy atom. The van der Waals surface area contributed by atoms with Crippen molar-refractivity contribution < 1.29 is 14.3 Å². The highest BCUT2D eigenvalue weighted by Crippen LogP contribution is 2.41. The molecule has 0 radical (unpaired) electrons. The molecule has 0 amide bonds. The van der Waals surface area contributed by atoms with Crippen molar-refractivity contribution in [2.24, 2.45) is 10.9 Å². The topological polar surface area (TPSA) is 86.4 Å². The molecule has 0 N–H and O–H groups in total. The fourth-order valence-electron chi connectivity index (χ4n) is 3.83. The Kier molecular flexibility index (Phi) is 5.77. The summed E-state index contributed by atoms with van der Waals surface area (Å²) in [7, 11) is 1.31. The fraction of sp³-hybridized carbons (Fsp3) is 0.318. The molecular formula is C22H21ClN4O3S. The molecule has 4 rings (SSSR count). The van der Waals surface area contributed by atoms with Gasteiger partial charge in [-0.1, -0.05) is 23.7 Å². The van der Waals surface area contributed by atoms with E-state index < -0.39 is 17.9 Å². The third-order valence-electron chi connectivity index (χ3n) is 5.54. The first kappa shape index (κ1) is 21.4. The van der Waals surface area contributed by atoms with E-state index >= 15 is 0 Å². The zero-order chi connectivity index (χ0) is 22.3. The van der Waals surface area contributed by atoms with Gasteiger partial charge in [0.05, 0.1) is 18.7 Å². The molecule has 0 bridgehead atoms. The molecule has 7 nitrogen and oxygen atoms in total. The molecule has 160 valence electrons. The lowest BCUT2D eigenvalue weighted by atomic mass is 9.95. The summed E-state index contributed by atoms with van der Waals surface area (Å²) >= 11 is 7.74. The lowest BCUT2D eigenvalue weighted by molar-refractivity contribution is -0.147. The normalized spacial score (nSPS) is 16.0. The predicted molar refractivity (Wildman–Crippen MR) is 119 cm³/mol. The summed E-state index contributed by atoms with van der Waals surface area (Å²) in [6.07, 6.45) is 0.676. The first-order valence-electron chi connectivity index (χ1n) is 9.75. The van der Waals surface area contributed by atoms with Crippen LogP contribution in [0.15, 0.2) is 29.3 Å². The summed E-state index contributed by atoms with van der Waals surface area (Å²) < 4.78 is 6.94. The Balaban J connectivity index is 2.05. The van der Waals surface area contributed by atoms with Crippen molar-refractivity contribution in [1.29, 1.82) is 0 Å². The van der Waals surface area contributed by atoms with Crippen molar-refractivity contribution >= 4 is 40.9 Å². The van der Waals surface area contributed by atoms with E-state index in [1.807, 2.05) is 35.8 Å². The summed E-state index contributed by atoms with van der Waals surface area (Å²) in [5.74, 6) is -0.129. The Morgan fingerprint density at radius 1 is 1.26 bits per heavy atom. The number of carbonyl (C=O) groups excluding carboxylic acids is 2. The minimum absolute atomic E-state index is 0.0354. The van der Waals surface area contributed by atoms with Crippen LogP contribution in [-0.2, 0) is 14.3 Å². The van der Waals surface area contributed by atoms with E-state index in [1.165, 1.54) is 7.11 Å². The van der Waals surface area contributed by atoms with Crippen LogP contribution < -0.4 is 0 Å². The molecule has 2 atom stereocenters. The van der Waals surface area contributed by atoms with E-state index in [0.29, 0.717) is 23.0 Å². The Morgan fingerprint density at radius 2 is 1.97 bits per heavy atom. The standard InChI is InChI=1S/C22H21ClN4O3S/c1-11-12(2)31-21-17(11)18(14-5-7-15(23)8-6-14)24-19(16(9-10-28)22(29)30-4)20-26-25-13(3)27(20)21/h5-8,10,16,19H,9H2,1-4H3. The lowest BCUT2D eigenvalue weighted by Crippen LogP contribution is -2.25. The lowest BCUT2D eigenvalue weighted by Gasteiger charge is -2.20. The van der Waals surface area contributed by atoms with Gasteiger partial charge in [0, 0.05) is 27.4 Å². The van der Waals surface area contributed by atoms with Gasteiger partial charge in [0.15, 0.2) is 5.82 Å². The molecule has 3 aromatic rings. The summed E-state index contributed by atoms with van der Waals surface area (Å²) in [6.45, 7) is 5.98. The molecule has 2 aromatic heterocycles. The van der Waals surface area contributed by atoms with Crippen LogP contribution in [0.25, 0.3) is 5.00 Å². The van der Waals surface area contributed by atoms with Crippen molar-refractivity contribution in [2.75, 3.05) is 7.11 Å². The minimum Gasteiger partial charge on any atom is -0.469 e. The van der Waals surface area contributed by atoms with E-state index in [1.54, 1.807) is 11.3 Å². The Labute approximate surface area is 188 Å². The van der Waals surface area contributed by atoms with Crippen molar-refractivity contribution in [2.45, 2.75) is 33.2 Å². The number of benzene rings is 1. The van der Waals surface area contributed by atoms with Gasteiger partial charge in [-0.2, -0.15) is 0 Å². The van der Waals surface area contributed by atoms with Crippen LogP contribution in [0.5, 0.6) is 0 Å². The van der Waals surface area contributed by atoms with Gasteiger partial charge in [-0.25, -0.2) is 0 Å². The number of aromatic nitrogens is 3. The quantitative estimate of drug-likeness (QED) is 0.424. The second-order valence-electron chi connectivity index (χ2n) is 7.37. The van der Waals surface area contributed by atoms with Crippen LogP contribution in [-0.4, -0.2) is 39.8 Å². The average Bonchev–Trinajstić information content (AvgIpc) is 3.22. The number of thiophene rings is 1. The highest BCUT2D eigenvalue weighted by atomic mass is 35.5. The van der Waals surface area contributed by atoms with Gasteiger partial charge in [0.2, 0.25) is 0 Å². The number of hydrogen-bond donors (Lipinski definition) is 0. The fourth-order valence-corrected chi connectivity index (χ4v) is 5.17. The largest absolute Gasteiger partial charge is 0.469 e. The molecule has 2 unspecified atom stereocenters. The number of rotatable bonds is 5. The number of aryl methyl sites for hydroxylation is 2. The van der Waals surface area contributed by atoms with Crippen molar-refractivity contribution in [3.63, 3.8) is 0 Å². The maximum atomic E-state index is 12.6. The van der Waals surface area contributed by atoms with Gasteiger partial charge in [-0.15, -0.1) is 21.5 Å². The van der Waals surface area contributed by atoms with E-state index in [9.17, 15) is 9.59 Å². The molecule has 1 aliphatic rings. The molecule has 0 fully saturated rings. The summed E-state index contributed by atoms with van der Waals surface area (Å²) in [4.78, 5) is 30.2. The Hall–Kier alpha value is -2.84. The highest BCUT2D eigenvalue weighted by molar-refractivity contribution is 7.15. The molecule has 31 heavy (non-hydrogen) atoms. The zero-order valence-corrected chi connectivity index (χ0v) is 19.1. The van der Waals surface area contributed by atoms with E-state index in [4.69, 9.17) is 21.3 Å². The number of fused-ring (bicyclic) bond motifs is 3. The molecule has 0 saturated heterocycles. The number of methoxy groups -OCH3 is 1. The van der Waals surface area contributed by atoms with Gasteiger partial charge in [-0.05, 0) is 38.5 Å². The van der Waals surface area contributed by atoms with Crippen molar-refractivity contribution in [1.82, 2.24) is 14.8 Å². The van der Waals surface area contributed by atoms with Crippen LogP contribution in [0.3, 0.4) is 0 Å². The number of halogens is 1. The first-order chi connectivity index (χ1) is 14.9. The summed E-state index contributed by atoms with van der Waals surface area (Å²) in [5.41, 5.74) is 3.65. The number of hydrogen-bond acceptors (Lipinski definition) is 7. The SMILES string of the molecule is COC(=O)C(CC=O)C1N=C(c2ccc(Cl)cc2)c2c(sc(C)c2C)-n2c(C)nnc21. The van der Waals surface area contributed by atoms with Crippen LogP contribution in [0, 0.1) is 26.7 Å². The van der Waals surface area contributed by atoms with E-state index in [2.05, 4.69) is 24.0 Å². The second kappa shape index (κ2) is 8.36. The number of aldehydes is 1. The third-order valence-corrected chi connectivity index (χ3v) is 6.99. The zero-order valence-electron chi connectivity index (χ0n) is 17.5. The third kappa shape index (κ3) is 3.59. The monoisotopic (exact) mass is 456 g/mol. The molecule has 0 spiro atoms. The van der Waals surface area contributed by atoms with Gasteiger partial charge in [-0.3, -0.25) is 14.4 Å². The molecule has 0 aliphatic carbocycles. The smallest absolute Gasteiger partial charge is 0.311 e. The molecule has 0 saturated carbocycles. The number of carbonyl (C=O) groups is 2. The summed E-state index contributed by atoms with van der Waals surface area (Å²) in [6, 6.07) is 6.69. The van der Waals surface area contributed by atoms with Crippen LogP contribution >= 0.6 is 22.9 Å². The first-order valence-corrected chi connectivity index (χ1v) is 10.9. The van der Waals surface area contributed by atoms with Crippen LogP contribution in [0.1, 0.15) is 45.7 Å². The maximum Gasteiger partial charge on any atom is 0.311 e. The molecule has 1 aromatic carbocycles. The number of esters is 1. The van der Waals surface area contributed by atoms with Gasteiger partial charge in [0.25, 0.3) is 0 Å². The molecular weight excluding hydrogens is 436 g/mol. The molecule has 9 heteroatoms. The minimum atomic E-state index is -0.817. The highest BCUT2D eigenvalue weighted by Gasteiger charge is 2.38. The van der Waals surface area contributed by atoms with Gasteiger partial charge >= 0.3 is 5.97 Å².